The third-order valence-corrected chi connectivity index (χ3v) is 4.91. The van der Waals surface area contributed by atoms with Crippen LogP contribution in [-0.4, -0.2) is 54.0 Å². The minimum absolute atomic E-state index is 0.165. The number of likely N-dealkylation sites (tertiary alicyclic amines) is 2. The van der Waals surface area contributed by atoms with Crippen molar-refractivity contribution in [2.24, 2.45) is 11.7 Å². The summed E-state index contributed by atoms with van der Waals surface area (Å²) in [5.74, 6) is 0.443. The monoisotopic (exact) mass is 267 g/mol. The largest absolute Gasteiger partial charge is 0.340 e. The number of nitrogens with two attached hydrogens (primary N) is 1. The molecule has 2 aliphatic rings. The van der Waals surface area contributed by atoms with Crippen LogP contribution in [0.2, 0.25) is 0 Å². The zero-order chi connectivity index (χ0) is 13.8. The maximum absolute atomic E-state index is 12.4. The quantitative estimate of drug-likeness (QED) is 0.838. The van der Waals surface area contributed by atoms with Crippen LogP contribution in [0.3, 0.4) is 0 Å². The van der Waals surface area contributed by atoms with Crippen LogP contribution in [-0.2, 0) is 4.79 Å². The van der Waals surface area contributed by atoms with Crippen LogP contribution in [0, 0.1) is 5.92 Å². The minimum Gasteiger partial charge on any atom is -0.340 e. The Labute approximate surface area is 117 Å². The van der Waals surface area contributed by atoms with Gasteiger partial charge in [0.1, 0.15) is 0 Å². The Kier molecular flexibility index (Phi) is 5.22. The number of piperidine rings is 1. The highest BCUT2D eigenvalue weighted by Crippen LogP contribution is 2.21. The lowest BCUT2D eigenvalue weighted by Gasteiger charge is -2.39. The first-order valence-electron chi connectivity index (χ1n) is 7.92. The smallest absolute Gasteiger partial charge is 0.239 e. The van der Waals surface area contributed by atoms with Gasteiger partial charge in [-0.1, -0.05) is 20.3 Å². The van der Waals surface area contributed by atoms with E-state index in [4.69, 9.17) is 5.73 Å². The SMILES string of the molecule is CCC(C)C(N)C(=O)N1CCCC(N2CCCC2)C1. The van der Waals surface area contributed by atoms with E-state index in [0.717, 1.165) is 25.9 Å². The van der Waals surface area contributed by atoms with E-state index in [0.29, 0.717) is 6.04 Å². The number of hydrogen-bond acceptors (Lipinski definition) is 3. The highest BCUT2D eigenvalue weighted by Gasteiger charge is 2.32. The third-order valence-electron chi connectivity index (χ3n) is 4.91. The second-order valence-electron chi connectivity index (χ2n) is 6.23. The van der Waals surface area contributed by atoms with Gasteiger partial charge in [0, 0.05) is 19.1 Å². The van der Waals surface area contributed by atoms with Crippen molar-refractivity contribution in [1.82, 2.24) is 9.80 Å². The Morgan fingerprint density at radius 1 is 1.26 bits per heavy atom. The molecule has 2 heterocycles. The molecule has 110 valence electrons. The molecule has 4 heteroatoms. The van der Waals surface area contributed by atoms with E-state index in [1.54, 1.807) is 0 Å². The maximum atomic E-state index is 12.4. The van der Waals surface area contributed by atoms with Crippen molar-refractivity contribution in [2.45, 2.75) is 58.0 Å². The van der Waals surface area contributed by atoms with Gasteiger partial charge in [-0.15, -0.1) is 0 Å². The van der Waals surface area contributed by atoms with Crippen molar-refractivity contribution in [2.75, 3.05) is 26.2 Å². The van der Waals surface area contributed by atoms with Gasteiger partial charge in [-0.2, -0.15) is 0 Å². The molecule has 0 aromatic heterocycles. The average Bonchev–Trinajstić information content (AvgIpc) is 2.99. The standard InChI is InChI=1S/C15H29N3O/c1-3-12(2)14(16)15(19)18-10-6-7-13(11-18)17-8-4-5-9-17/h12-14H,3-11,16H2,1-2H3. The van der Waals surface area contributed by atoms with Crippen LogP contribution >= 0.6 is 0 Å². The Morgan fingerprint density at radius 3 is 2.58 bits per heavy atom. The Bertz CT molecular complexity index is 302. The molecule has 2 saturated heterocycles. The molecule has 0 saturated carbocycles. The van der Waals surface area contributed by atoms with Gasteiger partial charge >= 0.3 is 0 Å². The van der Waals surface area contributed by atoms with Crippen LogP contribution < -0.4 is 5.73 Å². The molecular formula is C15H29N3O. The second kappa shape index (κ2) is 6.71. The molecule has 1 amide bonds. The number of carbonyl (C=O) groups excluding carboxylic acids is 1. The minimum atomic E-state index is -0.317. The van der Waals surface area contributed by atoms with Crippen molar-refractivity contribution in [3.8, 4) is 0 Å². The molecule has 2 aliphatic heterocycles. The highest BCUT2D eigenvalue weighted by molar-refractivity contribution is 5.82. The van der Waals surface area contributed by atoms with E-state index < -0.39 is 0 Å². The van der Waals surface area contributed by atoms with E-state index in [-0.39, 0.29) is 17.9 Å². The molecule has 3 unspecified atom stereocenters. The number of amides is 1. The topological polar surface area (TPSA) is 49.6 Å². The second-order valence-corrected chi connectivity index (χ2v) is 6.23. The summed E-state index contributed by atoms with van der Waals surface area (Å²) >= 11 is 0. The summed E-state index contributed by atoms with van der Waals surface area (Å²) in [6.45, 7) is 8.38. The van der Waals surface area contributed by atoms with Gasteiger partial charge in [0.05, 0.1) is 6.04 Å². The highest BCUT2D eigenvalue weighted by atomic mass is 16.2. The molecule has 3 atom stereocenters. The first kappa shape index (κ1) is 14.8. The lowest BCUT2D eigenvalue weighted by atomic mass is 9.97. The van der Waals surface area contributed by atoms with Crippen LogP contribution in [0.5, 0.6) is 0 Å². The molecular weight excluding hydrogens is 238 g/mol. The van der Waals surface area contributed by atoms with Crippen molar-refractivity contribution >= 4 is 5.91 Å². The summed E-state index contributed by atoms with van der Waals surface area (Å²) in [4.78, 5) is 17.0. The number of rotatable bonds is 4. The van der Waals surface area contributed by atoms with Gasteiger partial charge in [-0.05, 0) is 44.7 Å². The molecule has 2 N–H and O–H groups in total. The molecule has 0 spiro atoms. The molecule has 19 heavy (non-hydrogen) atoms. The van der Waals surface area contributed by atoms with E-state index in [9.17, 15) is 4.79 Å². The summed E-state index contributed by atoms with van der Waals surface area (Å²) in [6.07, 6.45) is 5.96. The Balaban J connectivity index is 1.91. The van der Waals surface area contributed by atoms with Crippen molar-refractivity contribution in [3.05, 3.63) is 0 Å². The molecule has 2 fully saturated rings. The first-order valence-corrected chi connectivity index (χ1v) is 7.92. The maximum Gasteiger partial charge on any atom is 0.239 e. The molecule has 0 aromatic rings. The van der Waals surface area contributed by atoms with Gasteiger partial charge in [0.2, 0.25) is 5.91 Å². The first-order chi connectivity index (χ1) is 9.13. The number of nitrogens with zero attached hydrogens (tertiary/aromatic N) is 2. The molecule has 0 aliphatic carbocycles. The number of hydrogen-bond donors (Lipinski definition) is 1. The van der Waals surface area contributed by atoms with Gasteiger partial charge in [0.15, 0.2) is 0 Å². The van der Waals surface area contributed by atoms with Crippen molar-refractivity contribution in [3.63, 3.8) is 0 Å². The summed E-state index contributed by atoms with van der Waals surface area (Å²) in [7, 11) is 0. The fraction of sp³-hybridized carbons (Fsp3) is 0.933. The van der Waals surface area contributed by atoms with E-state index in [1.807, 2.05) is 4.90 Å². The predicted molar refractivity (Wildman–Crippen MR) is 77.8 cm³/mol. The molecule has 0 bridgehead atoms. The Hall–Kier alpha value is -0.610. The van der Waals surface area contributed by atoms with E-state index in [1.165, 1.54) is 32.4 Å². The van der Waals surface area contributed by atoms with E-state index in [2.05, 4.69) is 18.7 Å². The summed E-state index contributed by atoms with van der Waals surface area (Å²) in [5.41, 5.74) is 6.10. The lowest BCUT2D eigenvalue weighted by molar-refractivity contribution is -0.135. The Morgan fingerprint density at radius 2 is 1.95 bits per heavy atom. The zero-order valence-corrected chi connectivity index (χ0v) is 12.5. The molecule has 0 radical (unpaired) electrons. The van der Waals surface area contributed by atoms with E-state index >= 15 is 0 Å². The average molecular weight is 267 g/mol. The van der Waals surface area contributed by atoms with Crippen molar-refractivity contribution < 1.29 is 4.79 Å². The molecule has 4 nitrogen and oxygen atoms in total. The lowest BCUT2D eigenvalue weighted by Crippen LogP contribution is -2.54. The molecule has 0 aromatic carbocycles. The normalized spacial score (nSPS) is 28.4. The van der Waals surface area contributed by atoms with Gasteiger partial charge < -0.3 is 10.6 Å². The summed E-state index contributed by atoms with van der Waals surface area (Å²) in [6, 6.07) is 0.256. The van der Waals surface area contributed by atoms with Crippen LogP contribution in [0.15, 0.2) is 0 Å². The predicted octanol–water partition coefficient (Wildman–Crippen LogP) is 1.45. The van der Waals surface area contributed by atoms with Gasteiger partial charge in [-0.3, -0.25) is 9.69 Å². The van der Waals surface area contributed by atoms with Crippen molar-refractivity contribution in [1.29, 1.82) is 0 Å². The third kappa shape index (κ3) is 3.48. The van der Waals surface area contributed by atoms with Crippen LogP contribution in [0.4, 0.5) is 0 Å². The summed E-state index contributed by atoms with van der Waals surface area (Å²) < 4.78 is 0. The van der Waals surface area contributed by atoms with Gasteiger partial charge in [-0.25, -0.2) is 0 Å². The fourth-order valence-electron chi connectivity index (χ4n) is 3.27. The van der Waals surface area contributed by atoms with Gasteiger partial charge in [0.25, 0.3) is 0 Å². The fourth-order valence-corrected chi connectivity index (χ4v) is 3.27. The summed E-state index contributed by atoms with van der Waals surface area (Å²) in [5, 5.41) is 0. The number of carbonyl (C=O) groups is 1. The molecule has 2 rings (SSSR count). The zero-order valence-electron chi connectivity index (χ0n) is 12.5. The van der Waals surface area contributed by atoms with Crippen LogP contribution in [0.1, 0.15) is 46.0 Å². The van der Waals surface area contributed by atoms with Crippen LogP contribution in [0.25, 0.3) is 0 Å².